The summed E-state index contributed by atoms with van der Waals surface area (Å²) in [6.45, 7) is 6.69. The predicted octanol–water partition coefficient (Wildman–Crippen LogP) is 2.92. The number of nitrogens with one attached hydrogen (secondary N) is 2. The van der Waals surface area contributed by atoms with Crippen LogP contribution in [0.3, 0.4) is 0 Å². The summed E-state index contributed by atoms with van der Waals surface area (Å²) >= 11 is 0. The van der Waals surface area contributed by atoms with E-state index in [0.717, 1.165) is 36.4 Å². The number of halogens is 3. The van der Waals surface area contributed by atoms with Crippen LogP contribution in [0.25, 0.3) is 0 Å². The molecule has 0 aliphatic carbocycles. The van der Waals surface area contributed by atoms with Gasteiger partial charge in [0, 0.05) is 31.9 Å². The molecular formula is C19H25F3N6O2. The third-order valence-electron chi connectivity index (χ3n) is 4.42. The molecule has 1 fully saturated rings. The molecule has 164 valence electrons. The van der Waals surface area contributed by atoms with Gasteiger partial charge in [0.2, 0.25) is 11.9 Å². The van der Waals surface area contributed by atoms with E-state index in [1.54, 1.807) is 0 Å². The number of aromatic nitrogens is 3. The summed E-state index contributed by atoms with van der Waals surface area (Å²) in [4.78, 5) is 14.4. The van der Waals surface area contributed by atoms with Crippen LogP contribution >= 0.6 is 0 Å². The van der Waals surface area contributed by atoms with Crippen molar-refractivity contribution in [3.8, 4) is 6.01 Å². The molecule has 0 amide bonds. The highest BCUT2D eigenvalue weighted by Crippen LogP contribution is 2.22. The smallest absolute Gasteiger partial charge is 0.422 e. The van der Waals surface area contributed by atoms with E-state index in [9.17, 15) is 13.2 Å². The second-order valence-corrected chi connectivity index (χ2v) is 6.99. The number of ether oxygens (including phenoxy) is 2. The minimum absolute atomic E-state index is 0.100. The number of nitrogens with zero attached hydrogens (tertiary/aromatic N) is 4. The van der Waals surface area contributed by atoms with Gasteiger partial charge in [0.25, 0.3) is 0 Å². The van der Waals surface area contributed by atoms with Gasteiger partial charge in [-0.05, 0) is 25.5 Å². The fourth-order valence-electron chi connectivity index (χ4n) is 2.93. The Morgan fingerprint density at radius 3 is 2.53 bits per heavy atom. The van der Waals surface area contributed by atoms with Crippen molar-refractivity contribution in [2.75, 3.05) is 56.6 Å². The van der Waals surface area contributed by atoms with Gasteiger partial charge < -0.3 is 20.1 Å². The molecule has 0 bridgehead atoms. The molecule has 2 heterocycles. The van der Waals surface area contributed by atoms with Gasteiger partial charge in [0.15, 0.2) is 6.61 Å². The third kappa shape index (κ3) is 6.99. The highest BCUT2D eigenvalue weighted by Gasteiger charge is 2.29. The molecule has 1 aliphatic rings. The summed E-state index contributed by atoms with van der Waals surface area (Å²) in [7, 11) is 0. The number of hydrogen-bond acceptors (Lipinski definition) is 8. The van der Waals surface area contributed by atoms with Crippen molar-refractivity contribution in [2.24, 2.45) is 0 Å². The maximum absolute atomic E-state index is 12.5. The van der Waals surface area contributed by atoms with Crippen LogP contribution in [0.4, 0.5) is 30.8 Å². The van der Waals surface area contributed by atoms with Gasteiger partial charge in [0.05, 0.1) is 13.2 Å². The van der Waals surface area contributed by atoms with Crippen molar-refractivity contribution >= 4 is 17.6 Å². The normalized spacial score (nSPS) is 15.1. The minimum Gasteiger partial charge on any atom is -0.454 e. The Labute approximate surface area is 172 Å². The third-order valence-corrected chi connectivity index (χ3v) is 4.42. The highest BCUT2D eigenvalue weighted by atomic mass is 19.4. The number of benzene rings is 1. The Kier molecular flexibility index (Phi) is 7.27. The maximum Gasteiger partial charge on any atom is 0.422 e. The second-order valence-electron chi connectivity index (χ2n) is 6.99. The average molecular weight is 426 g/mol. The molecule has 1 saturated heterocycles. The van der Waals surface area contributed by atoms with E-state index in [-0.39, 0.29) is 11.9 Å². The highest BCUT2D eigenvalue weighted by molar-refractivity contribution is 5.59. The van der Waals surface area contributed by atoms with E-state index in [4.69, 9.17) is 9.47 Å². The van der Waals surface area contributed by atoms with Crippen molar-refractivity contribution in [3.63, 3.8) is 0 Å². The molecule has 2 aromatic rings. The molecule has 0 atom stereocenters. The molecule has 0 spiro atoms. The van der Waals surface area contributed by atoms with Crippen molar-refractivity contribution in [1.29, 1.82) is 0 Å². The zero-order valence-corrected chi connectivity index (χ0v) is 16.9. The van der Waals surface area contributed by atoms with E-state index in [1.807, 2.05) is 32.0 Å². The lowest BCUT2D eigenvalue weighted by molar-refractivity contribution is -0.154. The Hall–Kier alpha value is -2.66. The first kappa shape index (κ1) is 22.0. The summed E-state index contributed by atoms with van der Waals surface area (Å²) in [5.74, 6) is 0.241. The second kappa shape index (κ2) is 9.90. The average Bonchev–Trinajstić information content (AvgIpc) is 2.69. The molecule has 3 rings (SSSR count). The number of aryl methyl sites for hydroxylation is 2. The molecule has 0 saturated carbocycles. The van der Waals surface area contributed by atoms with E-state index in [1.165, 1.54) is 0 Å². The molecule has 2 N–H and O–H groups in total. The molecule has 8 nitrogen and oxygen atoms in total. The van der Waals surface area contributed by atoms with Crippen LogP contribution in [0.15, 0.2) is 18.2 Å². The van der Waals surface area contributed by atoms with Crippen LogP contribution in [0.2, 0.25) is 0 Å². The number of hydrogen-bond donors (Lipinski definition) is 2. The van der Waals surface area contributed by atoms with Gasteiger partial charge in [-0.25, -0.2) is 0 Å². The van der Waals surface area contributed by atoms with Gasteiger partial charge in [0.1, 0.15) is 0 Å². The number of anilines is 3. The molecule has 30 heavy (non-hydrogen) atoms. The van der Waals surface area contributed by atoms with E-state index >= 15 is 0 Å². The Morgan fingerprint density at radius 1 is 1.10 bits per heavy atom. The molecule has 1 aliphatic heterocycles. The van der Waals surface area contributed by atoms with Gasteiger partial charge in [-0.2, -0.15) is 28.1 Å². The van der Waals surface area contributed by atoms with E-state index in [2.05, 4.69) is 30.5 Å². The lowest BCUT2D eigenvalue weighted by Crippen LogP contribution is -2.39. The summed E-state index contributed by atoms with van der Waals surface area (Å²) in [6.07, 6.45) is -4.49. The van der Waals surface area contributed by atoms with Crippen molar-refractivity contribution in [3.05, 3.63) is 29.3 Å². The fourth-order valence-corrected chi connectivity index (χ4v) is 2.93. The maximum atomic E-state index is 12.5. The molecular weight excluding hydrogens is 401 g/mol. The summed E-state index contributed by atoms with van der Waals surface area (Å²) in [5.41, 5.74) is 2.79. The van der Waals surface area contributed by atoms with Crippen LogP contribution in [-0.2, 0) is 4.74 Å². The van der Waals surface area contributed by atoms with Gasteiger partial charge in [-0.15, -0.1) is 0 Å². The quantitative estimate of drug-likeness (QED) is 0.667. The zero-order chi connectivity index (χ0) is 21.6. The molecule has 11 heteroatoms. The first-order chi connectivity index (χ1) is 14.3. The first-order valence-corrected chi connectivity index (χ1v) is 9.62. The lowest BCUT2D eigenvalue weighted by Gasteiger charge is -2.26. The Balaban J connectivity index is 1.71. The topological polar surface area (TPSA) is 84.4 Å². The number of alkyl halides is 3. The standard InChI is InChI=1S/C19H25F3N6O2/c1-13-3-4-15(14(2)11-13)24-17-25-16(23-5-6-28-7-9-29-10-8-28)26-18(27-17)30-12-19(20,21)22/h3-4,11H,5-10,12H2,1-2H3,(H2,23,24,25,26,27). The summed E-state index contributed by atoms with van der Waals surface area (Å²) in [5, 5.41) is 6.06. The molecule has 1 aromatic carbocycles. The SMILES string of the molecule is Cc1ccc(Nc2nc(NCCN3CCOCC3)nc(OCC(F)(F)F)n2)c(C)c1. The summed E-state index contributed by atoms with van der Waals surface area (Å²) < 4.78 is 47.7. The van der Waals surface area contributed by atoms with Crippen LogP contribution in [-0.4, -0.2) is 72.0 Å². The van der Waals surface area contributed by atoms with Crippen LogP contribution < -0.4 is 15.4 Å². The van der Waals surface area contributed by atoms with Crippen LogP contribution in [0, 0.1) is 13.8 Å². The molecule has 0 unspecified atom stereocenters. The van der Waals surface area contributed by atoms with Gasteiger partial charge in [-0.3, -0.25) is 4.90 Å². The van der Waals surface area contributed by atoms with Crippen molar-refractivity contribution in [1.82, 2.24) is 19.9 Å². The lowest BCUT2D eigenvalue weighted by atomic mass is 10.1. The Morgan fingerprint density at radius 2 is 1.83 bits per heavy atom. The van der Waals surface area contributed by atoms with Crippen LogP contribution in [0.1, 0.15) is 11.1 Å². The monoisotopic (exact) mass is 426 g/mol. The minimum atomic E-state index is -4.49. The van der Waals surface area contributed by atoms with E-state index < -0.39 is 18.8 Å². The van der Waals surface area contributed by atoms with Crippen molar-refractivity contribution < 1.29 is 22.6 Å². The fraction of sp³-hybridized carbons (Fsp3) is 0.526. The zero-order valence-electron chi connectivity index (χ0n) is 16.9. The van der Waals surface area contributed by atoms with Gasteiger partial charge in [-0.1, -0.05) is 17.7 Å². The number of rotatable bonds is 8. The largest absolute Gasteiger partial charge is 0.454 e. The molecule has 0 radical (unpaired) electrons. The predicted molar refractivity (Wildman–Crippen MR) is 106 cm³/mol. The van der Waals surface area contributed by atoms with E-state index in [0.29, 0.717) is 19.8 Å². The van der Waals surface area contributed by atoms with Gasteiger partial charge >= 0.3 is 12.2 Å². The Bertz CT molecular complexity index is 844. The summed E-state index contributed by atoms with van der Waals surface area (Å²) in [6, 6.07) is 5.35. The first-order valence-electron chi connectivity index (χ1n) is 9.62. The molecule has 1 aromatic heterocycles. The van der Waals surface area contributed by atoms with Crippen molar-refractivity contribution in [2.45, 2.75) is 20.0 Å². The number of morpholine rings is 1. The van der Waals surface area contributed by atoms with Crippen LogP contribution in [0.5, 0.6) is 6.01 Å².